The van der Waals surface area contributed by atoms with E-state index in [0.29, 0.717) is 5.56 Å². The molecule has 4 heteroatoms. The van der Waals surface area contributed by atoms with Crippen LogP contribution in [-0.4, -0.2) is 11.0 Å². The van der Waals surface area contributed by atoms with Gasteiger partial charge in [0.1, 0.15) is 0 Å². The van der Waals surface area contributed by atoms with E-state index < -0.39 is 0 Å². The number of nitrogens with zero attached hydrogens (tertiary/aromatic N) is 1. The van der Waals surface area contributed by atoms with Crippen LogP contribution in [0.15, 0.2) is 42.5 Å². The lowest BCUT2D eigenvalue weighted by molar-refractivity contribution is -0.385. The van der Waals surface area contributed by atoms with Crippen LogP contribution in [-0.2, 0) is 6.42 Å². The molecule has 1 atom stereocenters. The molecule has 0 fully saturated rings. The Morgan fingerprint density at radius 3 is 2.43 bits per heavy atom. The molecule has 2 aromatic carbocycles. The van der Waals surface area contributed by atoms with E-state index in [4.69, 9.17) is 0 Å². The van der Waals surface area contributed by atoms with E-state index in [0.717, 1.165) is 17.7 Å². The van der Waals surface area contributed by atoms with Crippen molar-refractivity contribution in [3.8, 4) is 0 Å². The molecule has 0 aromatic heterocycles. The van der Waals surface area contributed by atoms with Crippen molar-refractivity contribution in [1.29, 1.82) is 0 Å². The third-order valence-corrected chi connectivity index (χ3v) is 3.53. The highest BCUT2D eigenvalue weighted by Gasteiger charge is 2.14. The highest BCUT2D eigenvalue weighted by molar-refractivity contribution is 5.59. The van der Waals surface area contributed by atoms with Crippen molar-refractivity contribution in [3.05, 3.63) is 69.3 Å². The van der Waals surface area contributed by atoms with E-state index >= 15 is 0 Å². The van der Waals surface area contributed by atoms with Crippen LogP contribution < -0.4 is 5.32 Å². The Morgan fingerprint density at radius 2 is 1.81 bits per heavy atom. The molecule has 0 aliphatic rings. The molecule has 0 bridgehead atoms. The molecule has 4 nitrogen and oxygen atoms in total. The van der Waals surface area contributed by atoms with Gasteiger partial charge in [-0.2, -0.15) is 0 Å². The molecule has 0 heterocycles. The first kappa shape index (κ1) is 15.0. The van der Waals surface area contributed by atoms with Crippen molar-refractivity contribution in [2.24, 2.45) is 0 Å². The molecule has 0 amide bonds. The highest BCUT2D eigenvalue weighted by atomic mass is 16.6. The zero-order chi connectivity index (χ0) is 15.4. The Hall–Kier alpha value is -2.36. The number of rotatable bonds is 5. The van der Waals surface area contributed by atoms with Crippen LogP contribution in [0.5, 0.6) is 0 Å². The van der Waals surface area contributed by atoms with Crippen LogP contribution in [0, 0.1) is 24.0 Å². The first-order valence-corrected chi connectivity index (χ1v) is 7.03. The van der Waals surface area contributed by atoms with Crippen molar-refractivity contribution in [2.45, 2.75) is 33.2 Å². The number of nitro groups is 1. The van der Waals surface area contributed by atoms with Gasteiger partial charge in [0.2, 0.25) is 0 Å². The number of aryl methyl sites for hydroxylation is 2. The summed E-state index contributed by atoms with van der Waals surface area (Å²) < 4.78 is 0. The average molecular weight is 284 g/mol. The molecular weight excluding hydrogens is 264 g/mol. The van der Waals surface area contributed by atoms with Crippen molar-refractivity contribution >= 4 is 11.4 Å². The zero-order valence-corrected chi connectivity index (χ0v) is 12.6. The summed E-state index contributed by atoms with van der Waals surface area (Å²) in [6.07, 6.45) is 0.913. The van der Waals surface area contributed by atoms with Gasteiger partial charge in [0, 0.05) is 23.4 Å². The standard InChI is InChI=1S/C17H20N2O2/c1-12-10-17(19(20)21)13(2)9-16(12)18-14(3)11-15-7-5-4-6-8-15/h4-10,14,18H,11H2,1-3H3. The lowest BCUT2D eigenvalue weighted by Gasteiger charge is -2.17. The molecule has 1 unspecified atom stereocenters. The molecule has 0 saturated carbocycles. The Morgan fingerprint density at radius 1 is 1.14 bits per heavy atom. The lowest BCUT2D eigenvalue weighted by atomic mass is 10.0. The first-order valence-electron chi connectivity index (χ1n) is 7.03. The van der Waals surface area contributed by atoms with Gasteiger partial charge in [0.05, 0.1) is 4.92 Å². The van der Waals surface area contributed by atoms with Crippen LogP contribution in [0.25, 0.3) is 0 Å². The monoisotopic (exact) mass is 284 g/mol. The van der Waals surface area contributed by atoms with Crippen molar-refractivity contribution in [2.75, 3.05) is 5.32 Å². The summed E-state index contributed by atoms with van der Waals surface area (Å²) in [7, 11) is 0. The quantitative estimate of drug-likeness (QED) is 0.659. The largest absolute Gasteiger partial charge is 0.382 e. The van der Waals surface area contributed by atoms with Crippen molar-refractivity contribution in [1.82, 2.24) is 0 Å². The topological polar surface area (TPSA) is 55.2 Å². The molecule has 2 aromatic rings. The first-order chi connectivity index (χ1) is 9.97. The van der Waals surface area contributed by atoms with Gasteiger partial charge in [-0.3, -0.25) is 10.1 Å². The van der Waals surface area contributed by atoms with Gasteiger partial charge in [0.25, 0.3) is 5.69 Å². The fourth-order valence-electron chi connectivity index (χ4n) is 2.44. The molecule has 21 heavy (non-hydrogen) atoms. The molecule has 0 aliphatic carbocycles. The fourth-order valence-corrected chi connectivity index (χ4v) is 2.44. The number of hydrogen-bond acceptors (Lipinski definition) is 3. The van der Waals surface area contributed by atoms with E-state index in [1.165, 1.54) is 5.56 Å². The Labute approximate surface area is 125 Å². The second-order valence-electron chi connectivity index (χ2n) is 5.45. The number of anilines is 1. The molecule has 0 aliphatic heterocycles. The molecule has 0 radical (unpaired) electrons. The predicted molar refractivity (Wildman–Crippen MR) is 85.8 cm³/mol. The maximum atomic E-state index is 10.9. The van der Waals surface area contributed by atoms with E-state index in [1.54, 1.807) is 13.0 Å². The summed E-state index contributed by atoms with van der Waals surface area (Å²) in [5, 5.41) is 14.4. The minimum absolute atomic E-state index is 0.175. The molecular formula is C17H20N2O2. The molecule has 110 valence electrons. The van der Waals surface area contributed by atoms with E-state index in [-0.39, 0.29) is 16.7 Å². The lowest BCUT2D eigenvalue weighted by Crippen LogP contribution is -2.18. The maximum Gasteiger partial charge on any atom is 0.272 e. The van der Waals surface area contributed by atoms with Crippen LogP contribution in [0.1, 0.15) is 23.6 Å². The minimum Gasteiger partial charge on any atom is -0.382 e. The van der Waals surface area contributed by atoms with Gasteiger partial charge in [0.15, 0.2) is 0 Å². The summed E-state index contributed by atoms with van der Waals surface area (Å²) in [5.41, 5.74) is 3.98. The minimum atomic E-state index is -0.334. The van der Waals surface area contributed by atoms with E-state index in [9.17, 15) is 10.1 Å². The van der Waals surface area contributed by atoms with E-state index in [2.05, 4.69) is 24.4 Å². The molecule has 2 rings (SSSR count). The second-order valence-corrected chi connectivity index (χ2v) is 5.45. The third kappa shape index (κ3) is 3.81. The predicted octanol–water partition coefficient (Wildman–Crippen LogP) is 4.25. The smallest absolute Gasteiger partial charge is 0.272 e. The van der Waals surface area contributed by atoms with Crippen molar-refractivity contribution in [3.63, 3.8) is 0 Å². The van der Waals surface area contributed by atoms with Gasteiger partial charge >= 0.3 is 0 Å². The Bertz CT molecular complexity index is 639. The summed E-state index contributed by atoms with van der Waals surface area (Å²) in [6, 6.07) is 14.0. The normalized spacial score (nSPS) is 12.0. The summed E-state index contributed by atoms with van der Waals surface area (Å²) >= 11 is 0. The van der Waals surface area contributed by atoms with Gasteiger partial charge in [-0.25, -0.2) is 0 Å². The summed E-state index contributed by atoms with van der Waals surface area (Å²) in [6.45, 7) is 5.78. The molecule has 0 saturated heterocycles. The fraction of sp³-hybridized carbons (Fsp3) is 0.294. The van der Waals surface area contributed by atoms with E-state index in [1.807, 2.05) is 31.2 Å². The van der Waals surface area contributed by atoms with Crippen LogP contribution in [0.4, 0.5) is 11.4 Å². The number of nitrogens with one attached hydrogen (secondary N) is 1. The number of benzene rings is 2. The van der Waals surface area contributed by atoms with Gasteiger partial charge in [-0.1, -0.05) is 30.3 Å². The van der Waals surface area contributed by atoms with Crippen LogP contribution >= 0.6 is 0 Å². The summed E-state index contributed by atoms with van der Waals surface area (Å²) in [5.74, 6) is 0. The Balaban J connectivity index is 2.12. The van der Waals surface area contributed by atoms with Crippen LogP contribution in [0.3, 0.4) is 0 Å². The second kappa shape index (κ2) is 6.39. The maximum absolute atomic E-state index is 10.9. The van der Waals surface area contributed by atoms with Gasteiger partial charge < -0.3 is 5.32 Å². The van der Waals surface area contributed by atoms with Crippen LogP contribution in [0.2, 0.25) is 0 Å². The highest BCUT2D eigenvalue weighted by Crippen LogP contribution is 2.26. The van der Waals surface area contributed by atoms with Gasteiger partial charge in [-0.15, -0.1) is 0 Å². The Kier molecular flexibility index (Phi) is 4.58. The van der Waals surface area contributed by atoms with Crippen molar-refractivity contribution < 1.29 is 4.92 Å². The number of nitro benzene ring substituents is 1. The average Bonchev–Trinajstić information content (AvgIpc) is 2.43. The SMILES string of the molecule is Cc1cc([N+](=O)[O-])c(C)cc1NC(C)Cc1ccccc1. The van der Waals surface area contributed by atoms with Gasteiger partial charge in [-0.05, 0) is 44.4 Å². The zero-order valence-electron chi connectivity index (χ0n) is 12.6. The number of hydrogen-bond donors (Lipinski definition) is 1. The molecule has 0 spiro atoms. The summed E-state index contributed by atoms with van der Waals surface area (Å²) in [4.78, 5) is 10.6. The third-order valence-electron chi connectivity index (χ3n) is 3.53. The molecule has 1 N–H and O–H groups in total.